The zero-order valence-electron chi connectivity index (χ0n) is 11.2. The number of fused-ring (bicyclic) bond motifs is 2. The molecule has 20 heavy (non-hydrogen) atoms. The van der Waals surface area contributed by atoms with Crippen LogP contribution in [0.25, 0.3) is 0 Å². The average molecular weight is 266 g/mol. The lowest BCUT2D eigenvalue weighted by molar-refractivity contribution is -0.116. The largest absolute Gasteiger partial charge is 0.488 e. The smallest absolute Gasteiger partial charge is 0.197 e. The maximum atomic E-state index is 12.6. The first-order valence-electron chi connectivity index (χ1n) is 6.53. The molecule has 1 aliphatic heterocycles. The molecule has 2 aromatic carbocycles. The van der Waals surface area contributed by atoms with Gasteiger partial charge in [-0.1, -0.05) is 30.3 Å². The number of benzene rings is 2. The van der Waals surface area contributed by atoms with E-state index in [4.69, 9.17) is 4.74 Å². The molecule has 0 aliphatic carbocycles. The van der Waals surface area contributed by atoms with Gasteiger partial charge in [0, 0.05) is 17.5 Å². The second-order valence-electron chi connectivity index (χ2n) is 4.98. The molecule has 3 heteroatoms. The Morgan fingerprint density at radius 3 is 2.75 bits per heavy atom. The van der Waals surface area contributed by atoms with E-state index in [1.54, 1.807) is 19.1 Å². The summed E-state index contributed by atoms with van der Waals surface area (Å²) in [5.74, 6) is 0.615. The summed E-state index contributed by atoms with van der Waals surface area (Å²) in [4.78, 5) is 23.8. The van der Waals surface area contributed by atoms with Crippen molar-refractivity contribution in [3.63, 3.8) is 0 Å². The average Bonchev–Trinajstić information content (AvgIpc) is 2.57. The third-order valence-corrected chi connectivity index (χ3v) is 3.39. The van der Waals surface area contributed by atoms with Gasteiger partial charge in [-0.05, 0) is 24.6 Å². The molecule has 0 aromatic heterocycles. The summed E-state index contributed by atoms with van der Waals surface area (Å²) >= 11 is 0. The molecule has 0 saturated heterocycles. The van der Waals surface area contributed by atoms with E-state index in [-0.39, 0.29) is 11.6 Å². The van der Waals surface area contributed by atoms with Crippen molar-refractivity contribution >= 4 is 11.6 Å². The fourth-order valence-corrected chi connectivity index (χ4v) is 2.45. The number of Topliss-reactive ketones (excluding diaryl/α,β-unsaturated/α-hetero) is 1. The van der Waals surface area contributed by atoms with Crippen molar-refractivity contribution < 1.29 is 14.3 Å². The van der Waals surface area contributed by atoms with Crippen LogP contribution in [0.4, 0.5) is 0 Å². The number of ether oxygens (including phenoxy) is 1. The van der Waals surface area contributed by atoms with Gasteiger partial charge in [-0.25, -0.2) is 0 Å². The Bertz CT molecular complexity index is 701. The third-order valence-electron chi connectivity index (χ3n) is 3.39. The fraction of sp³-hybridized carbons (Fsp3) is 0.176. The minimum absolute atomic E-state index is 0.0431. The topological polar surface area (TPSA) is 43.4 Å². The molecule has 3 rings (SSSR count). The molecule has 100 valence electrons. The van der Waals surface area contributed by atoms with Crippen LogP contribution in [0.5, 0.6) is 5.75 Å². The predicted molar refractivity (Wildman–Crippen MR) is 75.0 cm³/mol. The Hall–Kier alpha value is -2.42. The van der Waals surface area contributed by atoms with Gasteiger partial charge in [-0.3, -0.25) is 9.59 Å². The normalized spacial score (nSPS) is 12.9. The van der Waals surface area contributed by atoms with E-state index in [1.807, 2.05) is 30.3 Å². The summed E-state index contributed by atoms with van der Waals surface area (Å²) in [7, 11) is 0. The molecule has 0 N–H and O–H groups in total. The zero-order chi connectivity index (χ0) is 14.1. The summed E-state index contributed by atoms with van der Waals surface area (Å²) in [6.45, 7) is 1.93. The molecule has 0 atom stereocenters. The first kappa shape index (κ1) is 12.6. The van der Waals surface area contributed by atoms with Gasteiger partial charge in [0.25, 0.3) is 0 Å². The SMILES string of the molecule is CC(=O)Cc1ccc2c(c1)C(=O)c1ccccc1CO2. The van der Waals surface area contributed by atoms with Crippen molar-refractivity contribution in [3.8, 4) is 5.75 Å². The Balaban J connectivity index is 2.08. The van der Waals surface area contributed by atoms with Gasteiger partial charge in [-0.2, -0.15) is 0 Å². The highest BCUT2D eigenvalue weighted by Crippen LogP contribution is 2.29. The minimum Gasteiger partial charge on any atom is -0.488 e. The van der Waals surface area contributed by atoms with E-state index in [9.17, 15) is 9.59 Å². The van der Waals surface area contributed by atoms with Crippen molar-refractivity contribution in [2.45, 2.75) is 20.0 Å². The van der Waals surface area contributed by atoms with Crippen LogP contribution >= 0.6 is 0 Å². The first-order valence-corrected chi connectivity index (χ1v) is 6.53. The molecule has 1 heterocycles. The van der Waals surface area contributed by atoms with Crippen LogP contribution in [0.1, 0.15) is 34.0 Å². The number of carbonyl (C=O) groups excluding carboxylic acids is 2. The predicted octanol–water partition coefficient (Wildman–Crippen LogP) is 2.94. The van der Waals surface area contributed by atoms with E-state index < -0.39 is 0 Å². The quantitative estimate of drug-likeness (QED) is 0.839. The lowest BCUT2D eigenvalue weighted by Crippen LogP contribution is -2.04. The van der Waals surface area contributed by atoms with E-state index >= 15 is 0 Å². The number of ketones is 2. The highest BCUT2D eigenvalue weighted by atomic mass is 16.5. The molecule has 0 bridgehead atoms. The maximum absolute atomic E-state index is 12.6. The molecular formula is C17H14O3. The second-order valence-corrected chi connectivity index (χ2v) is 4.98. The van der Waals surface area contributed by atoms with E-state index in [0.29, 0.717) is 29.9 Å². The van der Waals surface area contributed by atoms with Gasteiger partial charge < -0.3 is 4.74 Å². The third kappa shape index (κ3) is 2.23. The highest BCUT2D eigenvalue weighted by molar-refractivity contribution is 6.12. The Labute approximate surface area is 117 Å². The fourth-order valence-electron chi connectivity index (χ4n) is 2.45. The van der Waals surface area contributed by atoms with E-state index in [0.717, 1.165) is 11.1 Å². The lowest BCUT2D eigenvalue weighted by atomic mass is 9.97. The number of rotatable bonds is 2. The number of hydrogen-bond acceptors (Lipinski definition) is 3. The van der Waals surface area contributed by atoms with Gasteiger partial charge in [-0.15, -0.1) is 0 Å². The standard InChI is InChI=1S/C17H14O3/c1-11(18)8-12-6-7-16-15(9-12)17(19)14-5-3-2-4-13(14)10-20-16/h2-7,9H,8,10H2,1H3. The van der Waals surface area contributed by atoms with E-state index in [2.05, 4.69) is 0 Å². The molecule has 0 saturated carbocycles. The molecule has 0 radical (unpaired) electrons. The van der Waals surface area contributed by atoms with Gasteiger partial charge in [0.1, 0.15) is 18.1 Å². The molecule has 2 aromatic rings. The lowest BCUT2D eigenvalue weighted by Gasteiger charge is -2.07. The highest BCUT2D eigenvalue weighted by Gasteiger charge is 2.22. The summed E-state index contributed by atoms with van der Waals surface area (Å²) < 4.78 is 5.70. The van der Waals surface area contributed by atoms with Crippen LogP contribution in [0.2, 0.25) is 0 Å². The zero-order valence-corrected chi connectivity index (χ0v) is 11.2. The van der Waals surface area contributed by atoms with Gasteiger partial charge in [0.15, 0.2) is 5.78 Å². The van der Waals surface area contributed by atoms with Gasteiger partial charge in [0.2, 0.25) is 0 Å². The van der Waals surface area contributed by atoms with Gasteiger partial charge in [0.05, 0.1) is 5.56 Å². The van der Waals surface area contributed by atoms with Crippen LogP contribution in [0, 0.1) is 0 Å². The maximum Gasteiger partial charge on any atom is 0.197 e. The van der Waals surface area contributed by atoms with Crippen LogP contribution < -0.4 is 4.74 Å². The van der Waals surface area contributed by atoms with E-state index in [1.165, 1.54) is 0 Å². The summed E-state index contributed by atoms with van der Waals surface area (Å²) in [5, 5.41) is 0. The Morgan fingerprint density at radius 1 is 1.15 bits per heavy atom. The van der Waals surface area contributed by atoms with Crippen molar-refractivity contribution in [3.05, 3.63) is 64.7 Å². The minimum atomic E-state index is -0.0431. The molecule has 0 fully saturated rings. The molecule has 1 aliphatic rings. The van der Waals surface area contributed by atoms with Crippen LogP contribution in [-0.4, -0.2) is 11.6 Å². The van der Waals surface area contributed by atoms with Gasteiger partial charge >= 0.3 is 0 Å². The monoisotopic (exact) mass is 266 g/mol. The van der Waals surface area contributed by atoms with Crippen LogP contribution in [-0.2, 0) is 17.8 Å². The van der Waals surface area contributed by atoms with Crippen molar-refractivity contribution in [1.82, 2.24) is 0 Å². The first-order chi connectivity index (χ1) is 9.65. The Kier molecular flexibility index (Phi) is 3.11. The summed E-state index contributed by atoms with van der Waals surface area (Å²) in [5.41, 5.74) is 2.94. The molecule has 3 nitrogen and oxygen atoms in total. The molecule has 0 spiro atoms. The summed E-state index contributed by atoms with van der Waals surface area (Å²) in [6, 6.07) is 12.8. The second kappa shape index (κ2) is 4.93. The molecule has 0 amide bonds. The van der Waals surface area contributed by atoms with Crippen molar-refractivity contribution in [2.75, 3.05) is 0 Å². The molecular weight excluding hydrogens is 252 g/mol. The molecule has 0 unspecified atom stereocenters. The Morgan fingerprint density at radius 2 is 1.95 bits per heavy atom. The van der Waals surface area contributed by atoms with Crippen molar-refractivity contribution in [2.24, 2.45) is 0 Å². The van der Waals surface area contributed by atoms with Crippen molar-refractivity contribution in [1.29, 1.82) is 0 Å². The number of carbonyl (C=O) groups is 2. The summed E-state index contributed by atoms with van der Waals surface area (Å²) in [6.07, 6.45) is 0.336. The van der Waals surface area contributed by atoms with Crippen LogP contribution in [0.15, 0.2) is 42.5 Å². The van der Waals surface area contributed by atoms with Crippen LogP contribution in [0.3, 0.4) is 0 Å². The number of hydrogen-bond donors (Lipinski definition) is 0.